The summed E-state index contributed by atoms with van der Waals surface area (Å²) in [6.45, 7) is 6.36. The van der Waals surface area contributed by atoms with E-state index in [4.69, 9.17) is 0 Å². The van der Waals surface area contributed by atoms with Crippen LogP contribution in [-0.4, -0.2) is 14.7 Å². The first-order valence-electron chi connectivity index (χ1n) is 6.75. The number of imidazole rings is 1. The molecule has 2 aromatic carbocycles. The van der Waals surface area contributed by atoms with Gasteiger partial charge in [0.25, 0.3) is 0 Å². The second kappa shape index (κ2) is 4.76. The molecule has 0 amide bonds. The van der Waals surface area contributed by atoms with Gasteiger partial charge in [-0.3, -0.25) is 4.57 Å². The average Bonchev–Trinajstić information content (AvgIpc) is 2.82. The second-order valence-corrected chi connectivity index (χ2v) is 5.32. The number of aliphatic hydroxyl groups is 1. The Kier molecular flexibility index (Phi) is 3.07. The zero-order chi connectivity index (χ0) is 14.3. The molecule has 0 atom stereocenters. The molecule has 0 unspecified atom stereocenters. The van der Waals surface area contributed by atoms with Crippen LogP contribution in [0.15, 0.2) is 36.7 Å². The number of hydrogen-bond donors (Lipinski definition) is 1. The molecule has 0 saturated heterocycles. The van der Waals surface area contributed by atoms with E-state index in [1.807, 2.05) is 24.5 Å². The Labute approximate surface area is 118 Å². The lowest BCUT2D eigenvalue weighted by molar-refractivity contribution is 0.282. The minimum absolute atomic E-state index is 0.0735. The van der Waals surface area contributed by atoms with Crippen molar-refractivity contribution in [1.82, 2.24) is 9.55 Å². The normalized spacial score (nSPS) is 11.2. The van der Waals surface area contributed by atoms with Gasteiger partial charge in [-0.2, -0.15) is 0 Å². The van der Waals surface area contributed by atoms with Crippen LogP contribution in [0.2, 0.25) is 0 Å². The highest BCUT2D eigenvalue weighted by molar-refractivity contribution is 5.79. The highest BCUT2D eigenvalue weighted by Crippen LogP contribution is 2.24. The topological polar surface area (TPSA) is 38.0 Å². The fourth-order valence-electron chi connectivity index (χ4n) is 2.54. The quantitative estimate of drug-likeness (QED) is 0.771. The molecule has 0 saturated carbocycles. The molecule has 0 aliphatic heterocycles. The van der Waals surface area contributed by atoms with Crippen LogP contribution in [-0.2, 0) is 6.61 Å². The van der Waals surface area contributed by atoms with Crippen LogP contribution < -0.4 is 0 Å². The maximum Gasteiger partial charge on any atom is 0.100 e. The third-order valence-electron chi connectivity index (χ3n) is 3.87. The lowest BCUT2D eigenvalue weighted by atomic mass is 10.1. The first-order valence-corrected chi connectivity index (χ1v) is 6.75. The molecule has 3 heteroatoms. The molecular weight excluding hydrogens is 248 g/mol. The number of aryl methyl sites for hydroxylation is 3. The van der Waals surface area contributed by atoms with Crippen LogP contribution in [0.3, 0.4) is 0 Å². The van der Waals surface area contributed by atoms with E-state index in [-0.39, 0.29) is 6.61 Å². The van der Waals surface area contributed by atoms with Crippen molar-refractivity contribution in [2.45, 2.75) is 27.4 Å². The fourth-order valence-corrected chi connectivity index (χ4v) is 2.54. The van der Waals surface area contributed by atoms with Gasteiger partial charge >= 0.3 is 0 Å². The summed E-state index contributed by atoms with van der Waals surface area (Å²) in [7, 11) is 0. The SMILES string of the molecule is Cc1cc2ncn(-c3ccc(CO)cc3C)c2cc1C. The fraction of sp³-hybridized carbons (Fsp3) is 0.235. The summed E-state index contributed by atoms with van der Waals surface area (Å²) in [4.78, 5) is 4.49. The maximum atomic E-state index is 9.20. The number of nitrogens with zero attached hydrogens (tertiary/aromatic N) is 2. The number of hydrogen-bond acceptors (Lipinski definition) is 2. The Morgan fingerprint density at radius 3 is 2.45 bits per heavy atom. The van der Waals surface area contributed by atoms with Crippen LogP contribution in [0.5, 0.6) is 0 Å². The van der Waals surface area contributed by atoms with E-state index < -0.39 is 0 Å². The lowest BCUT2D eigenvalue weighted by Gasteiger charge is -2.10. The van der Waals surface area contributed by atoms with Crippen molar-refractivity contribution in [3.8, 4) is 5.69 Å². The van der Waals surface area contributed by atoms with Crippen LogP contribution in [0.25, 0.3) is 16.7 Å². The molecule has 0 spiro atoms. The molecule has 1 N–H and O–H groups in total. The molecule has 20 heavy (non-hydrogen) atoms. The molecule has 3 nitrogen and oxygen atoms in total. The predicted octanol–water partition coefficient (Wildman–Crippen LogP) is 3.44. The van der Waals surface area contributed by atoms with Gasteiger partial charge in [-0.05, 0) is 61.2 Å². The Morgan fingerprint density at radius 1 is 1.00 bits per heavy atom. The van der Waals surface area contributed by atoms with Crippen molar-refractivity contribution in [3.63, 3.8) is 0 Å². The summed E-state index contributed by atoms with van der Waals surface area (Å²) in [5.74, 6) is 0. The van der Waals surface area contributed by atoms with Gasteiger partial charge in [-0.15, -0.1) is 0 Å². The molecule has 0 aliphatic rings. The van der Waals surface area contributed by atoms with Crippen LogP contribution >= 0.6 is 0 Å². The highest BCUT2D eigenvalue weighted by atomic mass is 16.3. The van der Waals surface area contributed by atoms with Gasteiger partial charge in [-0.1, -0.05) is 12.1 Å². The summed E-state index contributed by atoms with van der Waals surface area (Å²) in [5, 5.41) is 9.20. The van der Waals surface area contributed by atoms with E-state index in [9.17, 15) is 5.11 Å². The number of fused-ring (bicyclic) bond motifs is 1. The van der Waals surface area contributed by atoms with E-state index in [1.165, 1.54) is 11.1 Å². The smallest absolute Gasteiger partial charge is 0.100 e. The molecule has 0 bridgehead atoms. The molecule has 0 aliphatic carbocycles. The second-order valence-electron chi connectivity index (χ2n) is 5.32. The molecule has 0 radical (unpaired) electrons. The van der Waals surface area contributed by atoms with E-state index in [2.05, 4.69) is 42.5 Å². The van der Waals surface area contributed by atoms with Crippen molar-refractivity contribution < 1.29 is 5.11 Å². The third kappa shape index (κ3) is 2.00. The minimum atomic E-state index is 0.0735. The average molecular weight is 266 g/mol. The molecule has 3 rings (SSSR count). The maximum absolute atomic E-state index is 9.20. The summed E-state index contributed by atoms with van der Waals surface area (Å²) in [5.41, 5.74) is 7.83. The van der Waals surface area contributed by atoms with Gasteiger partial charge in [-0.25, -0.2) is 4.98 Å². The van der Waals surface area contributed by atoms with Crippen molar-refractivity contribution in [2.75, 3.05) is 0 Å². The van der Waals surface area contributed by atoms with Crippen molar-refractivity contribution in [3.05, 3.63) is 58.9 Å². The summed E-state index contributed by atoms with van der Waals surface area (Å²) >= 11 is 0. The van der Waals surface area contributed by atoms with Gasteiger partial charge in [0.2, 0.25) is 0 Å². The minimum Gasteiger partial charge on any atom is -0.392 e. The number of aliphatic hydroxyl groups excluding tert-OH is 1. The van der Waals surface area contributed by atoms with Crippen LogP contribution in [0.1, 0.15) is 22.3 Å². The third-order valence-corrected chi connectivity index (χ3v) is 3.87. The van der Waals surface area contributed by atoms with Crippen molar-refractivity contribution >= 4 is 11.0 Å². The predicted molar refractivity (Wildman–Crippen MR) is 81.2 cm³/mol. The van der Waals surface area contributed by atoms with Crippen LogP contribution in [0, 0.1) is 20.8 Å². The molecule has 102 valence electrons. The standard InChI is InChI=1S/C17H18N2O/c1-11-7-15-17(8-12(11)2)19(10-18-15)16-5-4-14(9-20)6-13(16)3/h4-8,10,20H,9H2,1-3H3. The first kappa shape index (κ1) is 12.9. The summed E-state index contributed by atoms with van der Waals surface area (Å²) in [6, 6.07) is 10.3. The van der Waals surface area contributed by atoms with Gasteiger partial charge in [0.05, 0.1) is 23.3 Å². The summed E-state index contributed by atoms with van der Waals surface area (Å²) in [6.07, 6.45) is 1.87. The van der Waals surface area contributed by atoms with Crippen LogP contribution in [0.4, 0.5) is 0 Å². The zero-order valence-electron chi connectivity index (χ0n) is 12.0. The van der Waals surface area contributed by atoms with E-state index >= 15 is 0 Å². The highest BCUT2D eigenvalue weighted by Gasteiger charge is 2.09. The zero-order valence-corrected chi connectivity index (χ0v) is 12.0. The largest absolute Gasteiger partial charge is 0.392 e. The number of aromatic nitrogens is 2. The van der Waals surface area contributed by atoms with Gasteiger partial charge < -0.3 is 5.11 Å². The Hall–Kier alpha value is -2.13. The van der Waals surface area contributed by atoms with E-state index in [0.717, 1.165) is 27.8 Å². The molecular formula is C17H18N2O. The van der Waals surface area contributed by atoms with Crippen molar-refractivity contribution in [2.24, 2.45) is 0 Å². The Bertz CT molecular complexity index is 787. The molecule has 1 heterocycles. The van der Waals surface area contributed by atoms with Gasteiger partial charge in [0.15, 0.2) is 0 Å². The van der Waals surface area contributed by atoms with E-state index in [0.29, 0.717) is 0 Å². The van der Waals surface area contributed by atoms with Crippen molar-refractivity contribution in [1.29, 1.82) is 0 Å². The number of rotatable bonds is 2. The molecule has 1 aromatic heterocycles. The van der Waals surface area contributed by atoms with Gasteiger partial charge in [0.1, 0.15) is 6.33 Å². The van der Waals surface area contributed by atoms with E-state index in [1.54, 1.807) is 0 Å². The Balaban J connectivity index is 2.22. The Morgan fingerprint density at radius 2 is 1.75 bits per heavy atom. The molecule has 0 fully saturated rings. The molecule has 3 aromatic rings. The first-order chi connectivity index (χ1) is 9.60. The number of benzene rings is 2. The van der Waals surface area contributed by atoms with Gasteiger partial charge in [0, 0.05) is 0 Å². The summed E-state index contributed by atoms with van der Waals surface area (Å²) < 4.78 is 2.11. The monoisotopic (exact) mass is 266 g/mol. The lowest BCUT2D eigenvalue weighted by Crippen LogP contribution is -1.97.